The predicted molar refractivity (Wildman–Crippen MR) is 78.4 cm³/mol. The van der Waals surface area contributed by atoms with Crippen molar-refractivity contribution in [3.8, 4) is 0 Å². The van der Waals surface area contributed by atoms with Gasteiger partial charge >= 0.3 is 0 Å². The van der Waals surface area contributed by atoms with Crippen molar-refractivity contribution in [1.82, 2.24) is 5.43 Å². The number of hydrogen-bond donors (Lipinski definition) is 2. The van der Waals surface area contributed by atoms with Crippen LogP contribution in [0.15, 0.2) is 59.5 Å². The molecular formula is C15H18N2S. The van der Waals surface area contributed by atoms with E-state index in [0.717, 1.165) is 5.75 Å². The summed E-state index contributed by atoms with van der Waals surface area (Å²) in [4.78, 5) is 1.31. The fraction of sp³-hybridized carbons (Fsp3) is 0.200. The third-order valence-corrected chi connectivity index (χ3v) is 4.17. The van der Waals surface area contributed by atoms with Crippen LogP contribution >= 0.6 is 11.8 Å². The Hall–Kier alpha value is -1.29. The van der Waals surface area contributed by atoms with Gasteiger partial charge in [0.15, 0.2) is 0 Å². The molecular weight excluding hydrogens is 240 g/mol. The molecule has 2 aromatic carbocycles. The van der Waals surface area contributed by atoms with Crippen molar-refractivity contribution < 1.29 is 0 Å². The molecule has 94 valence electrons. The molecule has 0 radical (unpaired) electrons. The van der Waals surface area contributed by atoms with Gasteiger partial charge in [-0.15, -0.1) is 11.8 Å². The van der Waals surface area contributed by atoms with Gasteiger partial charge in [-0.2, -0.15) is 0 Å². The van der Waals surface area contributed by atoms with E-state index in [1.807, 2.05) is 30.0 Å². The van der Waals surface area contributed by atoms with E-state index in [4.69, 9.17) is 5.84 Å². The molecule has 0 saturated heterocycles. The zero-order chi connectivity index (χ0) is 12.8. The summed E-state index contributed by atoms with van der Waals surface area (Å²) < 4.78 is 0. The molecule has 3 N–H and O–H groups in total. The van der Waals surface area contributed by atoms with Gasteiger partial charge in [0.2, 0.25) is 0 Å². The van der Waals surface area contributed by atoms with Crippen molar-refractivity contribution in [2.24, 2.45) is 5.84 Å². The number of aryl methyl sites for hydroxylation is 1. The van der Waals surface area contributed by atoms with Gasteiger partial charge in [0.25, 0.3) is 0 Å². The number of hydrazine groups is 1. The van der Waals surface area contributed by atoms with Crippen molar-refractivity contribution in [1.29, 1.82) is 0 Å². The normalized spacial score (nSPS) is 12.3. The van der Waals surface area contributed by atoms with Crippen LogP contribution in [0.4, 0.5) is 0 Å². The summed E-state index contributed by atoms with van der Waals surface area (Å²) in [5.41, 5.74) is 5.42. The van der Waals surface area contributed by atoms with E-state index in [1.54, 1.807) is 0 Å². The first-order valence-electron chi connectivity index (χ1n) is 6.01. The van der Waals surface area contributed by atoms with Crippen LogP contribution in [0.25, 0.3) is 0 Å². The van der Waals surface area contributed by atoms with Crippen molar-refractivity contribution in [3.63, 3.8) is 0 Å². The molecule has 2 rings (SSSR count). The van der Waals surface area contributed by atoms with Crippen molar-refractivity contribution >= 4 is 11.8 Å². The number of hydrogen-bond acceptors (Lipinski definition) is 3. The largest absolute Gasteiger partial charge is 0.271 e. The van der Waals surface area contributed by atoms with Gasteiger partial charge in [-0.25, -0.2) is 0 Å². The lowest BCUT2D eigenvalue weighted by Crippen LogP contribution is -2.29. The van der Waals surface area contributed by atoms with Crippen LogP contribution in [0.2, 0.25) is 0 Å². The number of thioether (sulfide) groups is 1. The first-order chi connectivity index (χ1) is 8.81. The molecule has 2 nitrogen and oxygen atoms in total. The molecule has 0 bridgehead atoms. The maximum Gasteiger partial charge on any atom is 0.0553 e. The Morgan fingerprint density at radius 2 is 1.72 bits per heavy atom. The third-order valence-electron chi connectivity index (χ3n) is 2.90. The van der Waals surface area contributed by atoms with E-state index >= 15 is 0 Å². The zero-order valence-corrected chi connectivity index (χ0v) is 11.3. The predicted octanol–water partition coefficient (Wildman–Crippen LogP) is 3.29. The van der Waals surface area contributed by atoms with E-state index < -0.39 is 0 Å². The highest BCUT2D eigenvalue weighted by atomic mass is 32.2. The molecule has 2 aromatic rings. The summed E-state index contributed by atoms with van der Waals surface area (Å²) in [6.45, 7) is 2.13. The number of nitrogens with one attached hydrogen (secondary N) is 1. The first-order valence-corrected chi connectivity index (χ1v) is 6.99. The van der Waals surface area contributed by atoms with Gasteiger partial charge in [-0.05, 0) is 24.1 Å². The average molecular weight is 258 g/mol. The molecule has 0 aliphatic rings. The van der Waals surface area contributed by atoms with Crippen LogP contribution in [0, 0.1) is 6.92 Å². The molecule has 0 aromatic heterocycles. The molecule has 18 heavy (non-hydrogen) atoms. The quantitative estimate of drug-likeness (QED) is 0.491. The van der Waals surface area contributed by atoms with E-state index in [9.17, 15) is 0 Å². The second-order valence-electron chi connectivity index (χ2n) is 4.21. The van der Waals surface area contributed by atoms with E-state index in [0.29, 0.717) is 0 Å². The summed E-state index contributed by atoms with van der Waals surface area (Å²) >= 11 is 1.83. The van der Waals surface area contributed by atoms with Crippen LogP contribution in [0.5, 0.6) is 0 Å². The second kappa shape index (κ2) is 6.59. The van der Waals surface area contributed by atoms with Gasteiger partial charge in [-0.1, -0.05) is 48.5 Å². The van der Waals surface area contributed by atoms with Crippen molar-refractivity contribution in [2.75, 3.05) is 5.75 Å². The molecule has 0 aliphatic heterocycles. The minimum atomic E-state index is 0.177. The molecule has 3 heteroatoms. The van der Waals surface area contributed by atoms with Gasteiger partial charge in [0.05, 0.1) is 6.04 Å². The first kappa shape index (κ1) is 13.1. The fourth-order valence-corrected chi connectivity index (χ4v) is 2.92. The number of benzene rings is 2. The Kier molecular flexibility index (Phi) is 4.81. The summed E-state index contributed by atoms with van der Waals surface area (Å²) in [7, 11) is 0. The third kappa shape index (κ3) is 3.35. The maximum absolute atomic E-state index is 5.64. The van der Waals surface area contributed by atoms with Crippen LogP contribution in [-0.2, 0) is 0 Å². The van der Waals surface area contributed by atoms with Crippen LogP contribution in [0.3, 0.4) is 0 Å². The molecule has 0 heterocycles. The summed E-state index contributed by atoms with van der Waals surface area (Å²) in [5.74, 6) is 6.57. The topological polar surface area (TPSA) is 38.0 Å². The SMILES string of the molecule is Cc1ccccc1SCC(NN)c1ccccc1. The minimum absolute atomic E-state index is 0.177. The molecule has 0 saturated carbocycles. The van der Waals surface area contributed by atoms with E-state index in [-0.39, 0.29) is 6.04 Å². The van der Waals surface area contributed by atoms with Gasteiger partial charge in [0, 0.05) is 10.6 Å². The van der Waals surface area contributed by atoms with E-state index in [1.165, 1.54) is 16.0 Å². The molecule has 0 amide bonds. The van der Waals surface area contributed by atoms with Crippen LogP contribution < -0.4 is 11.3 Å². The fourth-order valence-electron chi connectivity index (χ4n) is 1.82. The van der Waals surface area contributed by atoms with Crippen LogP contribution in [0.1, 0.15) is 17.2 Å². The van der Waals surface area contributed by atoms with Gasteiger partial charge in [-0.3, -0.25) is 11.3 Å². The number of rotatable bonds is 5. The highest BCUT2D eigenvalue weighted by molar-refractivity contribution is 7.99. The lowest BCUT2D eigenvalue weighted by molar-refractivity contribution is 0.611. The Bertz CT molecular complexity index is 485. The number of nitrogens with two attached hydrogens (primary N) is 1. The standard InChI is InChI=1S/C15H18N2S/c1-12-7-5-6-10-15(12)18-11-14(17-16)13-8-3-2-4-9-13/h2-10,14,17H,11,16H2,1H3. The monoisotopic (exact) mass is 258 g/mol. The maximum atomic E-state index is 5.64. The highest BCUT2D eigenvalue weighted by Gasteiger charge is 2.10. The van der Waals surface area contributed by atoms with Gasteiger partial charge < -0.3 is 0 Å². The van der Waals surface area contributed by atoms with Crippen molar-refractivity contribution in [2.45, 2.75) is 17.9 Å². The second-order valence-corrected chi connectivity index (χ2v) is 5.27. The minimum Gasteiger partial charge on any atom is -0.271 e. The van der Waals surface area contributed by atoms with Gasteiger partial charge in [0.1, 0.15) is 0 Å². The summed E-state index contributed by atoms with van der Waals surface area (Å²) in [6, 6.07) is 18.9. The summed E-state index contributed by atoms with van der Waals surface area (Å²) in [5, 5.41) is 0. The Balaban J connectivity index is 2.02. The van der Waals surface area contributed by atoms with Crippen molar-refractivity contribution in [3.05, 3.63) is 65.7 Å². The van der Waals surface area contributed by atoms with E-state index in [2.05, 4.69) is 48.7 Å². The lowest BCUT2D eigenvalue weighted by Gasteiger charge is -2.16. The lowest BCUT2D eigenvalue weighted by atomic mass is 10.1. The molecule has 1 unspecified atom stereocenters. The smallest absolute Gasteiger partial charge is 0.0553 e. The Morgan fingerprint density at radius 3 is 2.39 bits per heavy atom. The van der Waals surface area contributed by atoms with Crippen LogP contribution in [-0.4, -0.2) is 5.75 Å². The Labute approximate surface area is 113 Å². The molecule has 0 spiro atoms. The average Bonchev–Trinajstić information content (AvgIpc) is 2.42. The zero-order valence-electron chi connectivity index (χ0n) is 10.5. The molecule has 1 atom stereocenters. The molecule has 0 aliphatic carbocycles. The summed E-state index contributed by atoms with van der Waals surface area (Å²) in [6.07, 6.45) is 0. The highest BCUT2D eigenvalue weighted by Crippen LogP contribution is 2.26. The molecule has 0 fully saturated rings. The Morgan fingerprint density at radius 1 is 1.06 bits per heavy atom.